The molecule has 1 rings (SSSR count). The number of alkyl halides is 3. The Bertz CT molecular complexity index is 230. The third-order valence-corrected chi connectivity index (χ3v) is 2.60. The van der Waals surface area contributed by atoms with Gasteiger partial charge in [0.25, 0.3) is 0 Å². The molecule has 1 fully saturated rings. The van der Waals surface area contributed by atoms with Gasteiger partial charge in [0.2, 0.25) is 5.91 Å². The third kappa shape index (κ3) is 3.37. The highest BCUT2D eigenvalue weighted by Gasteiger charge is 2.42. The van der Waals surface area contributed by atoms with Crippen LogP contribution in [0.5, 0.6) is 0 Å². The Balaban J connectivity index is 2.52. The summed E-state index contributed by atoms with van der Waals surface area (Å²) in [5.41, 5.74) is 5.19. The lowest BCUT2D eigenvalue weighted by Gasteiger charge is -2.33. The van der Waals surface area contributed by atoms with Gasteiger partial charge in [0.05, 0.1) is 5.92 Å². The molecule has 2 N–H and O–H groups in total. The van der Waals surface area contributed by atoms with Crippen molar-refractivity contribution >= 4 is 5.91 Å². The van der Waals surface area contributed by atoms with E-state index >= 15 is 0 Å². The van der Waals surface area contributed by atoms with Gasteiger partial charge in [-0.2, -0.15) is 13.2 Å². The first-order valence-electron chi connectivity index (χ1n) is 4.99. The first-order valence-corrected chi connectivity index (χ1v) is 4.99. The molecule has 3 nitrogen and oxygen atoms in total. The van der Waals surface area contributed by atoms with Gasteiger partial charge >= 0.3 is 6.18 Å². The molecule has 15 heavy (non-hydrogen) atoms. The largest absolute Gasteiger partial charge is 0.393 e. The van der Waals surface area contributed by atoms with E-state index in [0.29, 0.717) is 13.0 Å². The van der Waals surface area contributed by atoms with Crippen LogP contribution >= 0.6 is 0 Å². The molecule has 1 aliphatic rings. The molecule has 1 saturated heterocycles. The Morgan fingerprint density at radius 2 is 2.13 bits per heavy atom. The topological polar surface area (TPSA) is 46.3 Å². The molecule has 1 aliphatic heterocycles. The number of halogens is 3. The number of amides is 1. The fourth-order valence-electron chi connectivity index (χ4n) is 1.75. The Kier molecular flexibility index (Phi) is 3.96. The summed E-state index contributed by atoms with van der Waals surface area (Å²) < 4.78 is 37.2. The molecule has 0 bridgehead atoms. The second-order valence-corrected chi connectivity index (χ2v) is 3.76. The smallest absolute Gasteiger partial charge is 0.342 e. The van der Waals surface area contributed by atoms with Gasteiger partial charge in [-0.05, 0) is 12.8 Å². The molecule has 1 unspecified atom stereocenters. The van der Waals surface area contributed by atoms with Gasteiger partial charge in [0.15, 0.2) is 0 Å². The molecule has 1 atom stereocenters. The predicted molar refractivity (Wildman–Crippen MR) is 49.0 cm³/mol. The lowest BCUT2D eigenvalue weighted by atomic mass is 9.97. The SMILES string of the molecule is NCCC(=O)N1CCCC(C(F)(F)F)C1. The van der Waals surface area contributed by atoms with Gasteiger partial charge in [-0.1, -0.05) is 0 Å². The summed E-state index contributed by atoms with van der Waals surface area (Å²) in [7, 11) is 0. The van der Waals surface area contributed by atoms with Crippen LogP contribution in [0, 0.1) is 5.92 Å². The van der Waals surface area contributed by atoms with E-state index in [9.17, 15) is 18.0 Å². The number of likely N-dealkylation sites (tertiary alicyclic amines) is 1. The van der Waals surface area contributed by atoms with Gasteiger partial charge in [-0.15, -0.1) is 0 Å². The standard InChI is InChI=1S/C9H15F3N2O/c10-9(11,12)7-2-1-5-14(6-7)8(15)3-4-13/h7H,1-6,13H2. The van der Waals surface area contributed by atoms with Gasteiger partial charge in [-0.3, -0.25) is 4.79 Å². The number of hydrogen-bond acceptors (Lipinski definition) is 2. The van der Waals surface area contributed by atoms with Crippen LogP contribution < -0.4 is 5.73 Å². The highest BCUT2D eigenvalue weighted by atomic mass is 19.4. The fraction of sp³-hybridized carbons (Fsp3) is 0.889. The zero-order chi connectivity index (χ0) is 11.5. The van der Waals surface area contributed by atoms with E-state index in [0.717, 1.165) is 0 Å². The molecular formula is C9H15F3N2O. The molecule has 6 heteroatoms. The minimum absolute atomic E-state index is 0.121. The van der Waals surface area contributed by atoms with Crippen molar-refractivity contribution in [2.24, 2.45) is 11.7 Å². The maximum Gasteiger partial charge on any atom is 0.393 e. The van der Waals surface area contributed by atoms with E-state index in [2.05, 4.69) is 0 Å². The lowest BCUT2D eigenvalue weighted by molar-refractivity contribution is -0.188. The van der Waals surface area contributed by atoms with Crippen molar-refractivity contribution in [3.05, 3.63) is 0 Å². The van der Waals surface area contributed by atoms with Crippen molar-refractivity contribution < 1.29 is 18.0 Å². The van der Waals surface area contributed by atoms with Crippen LogP contribution in [0.2, 0.25) is 0 Å². The number of carbonyl (C=O) groups is 1. The van der Waals surface area contributed by atoms with Crippen LogP contribution in [0.1, 0.15) is 19.3 Å². The van der Waals surface area contributed by atoms with Crippen LogP contribution in [-0.4, -0.2) is 36.6 Å². The Hall–Kier alpha value is -0.780. The van der Waals surface area contributed by atoms with E-state index < -0.39 is 12.1 Å². The number of piperidine rings is 1. The van der Waals surface area contributed by atoms with Gasteiger partial charge in [-0.25, -0.2) is 0 Å². The average molecular weight is 224 g/mol. The maximum absolute atomic E-state index is 12.4. The molecule has 1 amide bonds. The van der Waals surface area contributed by atoms with Crippen LogP contribution in [0.4, 0.5) is 13.2 Å². The molecule has 0 spiro atoms. The molecule has 0 aliphatic carbocycles. The van der Waals surface area contributed by atoms with E-state index in [1.807, 2.05) is 0 Å². The Morgan fingerprint density at radius 3 is 2.67 bits per heavy atom. The van der Waals surface area contributed by atoms with E-state index in [-0.39, 0.29) is 31.8 Å². The summed E-state index contributed by atoms with van der Waals surface area (Å²) in [5.74, 6) is -1.64. The molecule has 1 heterocycles. The fourth-order valence-corrected chi connectivity index (χ4v) is 1.75. The van der Waals surface area contributed by atoms with E-state index in [4.69, 9.17) is 5.73 Å². The van der Waals surface area contributed by atoms with Crippen LogP contribution in [0.3, 0.4) is 0 Å². The van der Waals surface area contributed by atoms with Crippen LogP contribution in [0.15, 0.2) is 0 Å². The molecular weight excluding hydrogens is 209 g/mol. The zero-order valence-corrected chi connectivity index (χ0v) is 8.39. The van der Waals surface area contributed by atoms with Crippen molar-refractivity contribution in [1.29, 1.82) is 0 Å². The molecule has 0 saturated carbocycles. The minimum Gasteiger partial charge on any atom is -0.342 e. The first-order chi connectivity index (χ1) is 6.95. The third-order valence-electron chi connectivity index (χ3n) is 2.60. The second-order valence-electron chi connectivity index (χ2n) is 3.76. The van der Waals surface area contributed by atoms with E-state index in [1.54, 1.807) is 0 Å². The van der Waals surface area contributed by atoms with Crippen molar-refractivity contribution in [3.8, 4) is 0 Å². The number of rotatable bonds is 2. The normalized spacial score (nSPS) is 22.9. The molecule has 0 aromatic rings. The summed E-state index contributed by atoms with van der Waals surface area (Å²) in [5, 5.41) is 0. The zero-order valence-electron chi connectivity index (χ0n) is 8.39. The molecule has 0 radical (unpaired) electrons. The minimum atomic E-state index is -4.19. The van der Waals surface area contributed by atoms with Gasteiger partial charge in [0.1, 0.15) is 0 Å². The number of carbonyl (C=O) groups excluding carboxylic acids is 1. The highest BCUT2D eigenvalue weighted by molar-refractivity contribution is 5.76. The monoisotopic (exact) mass is 224 g/mol. The molecule has 0 aromatic carbocycles. The Morgan fingerprint density at radius 1 is 1.47 bits per heavy atom. The summed E-state index contributed by atoms with van der Waals surface area (Å²) in [6.45, 7) is 0.403. The Labute approximate surface area is 86.4 Å². The van der Waals surface area contributed by atoms with Crippen LogP contribution in [-0.2, 0) is 4.79 Å². The molecule has 88 valence electrons. The second kappa shape index (κ2) is 4.83. The number of hydrogen-bond donors (Lipinski definition) is 1. The maximum atomic E-state index is 12.4. The van der Waals surface area contributed by atoms with Crippen molar-refractivity contribution in [3.63, 3.8) is 0 Å². The average Bonchev–Trinajstić information content (AvgIpc) is 2.17. The predicted octanol–water partition coefficient (Wildman–Crippen LogP) is 1.14. The summed E-state index contributed by atoms with van der Waals surface area (Å²) in [6, 6.07) is 0. The highest BCUT2D eigenvalue weighted by Crippen LogP contribution is 2.33. The number of nitrogens with zero attached hydrogens (tertiary/aromatic N) is 1. The summed E-state index contributed by atoms with van der Waals surface area (Å²) >= 11 is 0. The van der Waals surface area contributed by atoms with Crippen molar-refractivity contribution in [1.82, 2.24) is 4.90 Å². The van der Waals surface area contributed by atoms with Crippen molar-refractivity contribution in [2.75, 3.05) is 19.6 Å². The van der Waals surface area contributed by atoms with Gasteiger partial charge < -0.3 is 10.6 Å². The molecule has 0 aromatic heterocycles. The summed E-state index contributed by atoms with van der Waals surface area (Å²) in [4.78, 5) is 12.6. The summed E-state index contributed by atoms with van der Waals surface area (Å²) in [6.07, 6.45) is -3.53. The lowest BCUT2D eigenvalue weighted by Crippen LogP contribution is -2.45. The van der Waals surface area contributed by atoms with Crippen LogP contribution in [0.25, 0.3) is 0 Å². The number of nitrogens with two attached hydrogens (primary N) is 1. The van der Waals surface area contributed by atoms with E-state index in [1.165, 1.54) is 4.90 Å². The van der Waals surface area contributed by atoms with Crippen molar-refractivity contribution in [2.45, 2.75) is 25.4 Å². The van der Waals surface area contributed by atoms with Gasteiger partial charge in [0, 0.05) is 26.1 Å². The quantitative estimate of drug-likeness (QED) is 0.764. The first kappa shape index (κ1) is 12.3.